The molecule has 1 aliphatic heterocycles. The van der Waals surface area contributed by atoms with Crippen LogP contribution in [-0.2, 0) is 35.2 Å². The number of anilines is 1. The van der Waals surface area contributed by atoms with Crippen molar-refractivity contribution in [2.75, 3.05) is 32.2 Å². The summed E-state index contributed by atoms with van der Waals surface area (Å²) < 4.78 is 11.2. The molecule has 4 N–H and O–H groups in total. The predicted molar refractivity (Wildman–Crippen MR) is 153 cm³/mol. The zero-order valence-corrected chi connectivity index (χ0v) is 24.0. The highest BCUT2D eigenvalue weighted by Gasteiger charge is 2.48. The average molecular weight is 584 g/mol. The number of nitrogens with one attached hydrogen (secondary N) is 4. The summed E-state index contributed by atoms with van der Waals surface area (Å²) >= 11 is 0. The molecule has 0 aromatic carbocycles. The molecule has 5 fully saturated rings. The van der Waals surface area contributed by atoms with E-state index in [1.165, 1.54) is 62.1 Å². The molecule has 0 radical (unpaired) electrons. The van der Waals surface area contributed by atoms with E-state index in [0.717, 1.165) is 11.8 Å². The van der Waals surface area contributed by atoms with Crippen LogP contribution in [0.25, 0.3) is 0 Å². The Balaban J connectivity index is 1.21. The SMILES string of the molecule is COC(=O)/C=C/CCC(NC(=O)[C@H]1COCCN1)C(=O)Nc1cccn(CC(=O)NC2C3CC4CC(C3)CC2C4)c1=O. The molecular formula is C30H41N5O7. The Hall–Kier alpha value is -3.51. The van der Waals surface area contributed by atoms with Crippen LogP contribution in [0.1, 0.15) is 44.9 Å². The first-order valence-corrected chi connectivity index (χ1v) is 15.0. The van der Waals surface area contributed by atoms with Gasteiger partial charge >= 0.3 is 5.97 Å². The van der Waals surface area contributed by atoms with Gasteiger partial charge in [0.25, 0.3) is 5.56 Å². The van der Waals surface area contributed by atoms with Crippen molar-refractivity contribution in [3.05, 3.63) is 40.8 Å². The molecule has 4 bridgehead atoms. The fraction of sp³-hybridized carbons (Fsp3) is 0.633. The number of hydrogen-bond donors (Lipinski definition) is 4. The van der Waals surface area contributed by atoms with Gasteiger partial charge in [-0.2, -0.15) is 0 Å². The molecule has 5 aliphatic rings. The number of aromatic nitrogens is 1. The quantitative estimate of drug-likeness (QED) is 0.219. The van der Waals surface area contributed by atoms with Gasteiger partial charge in [0.15, 0.2) is 0 Å². The standard InChI is InChI=1S/C30H41N5O7/c1-41-26(37)7-3-2-5-22(32-29(39)24-17-42-10-8-31-24)28(38)33-23-6-4-9-35(30(23)40)16-25(36)34-27-20-12-18-11-19(14-20)15-21(27)13-18/h3-4,6-7,9,18-22,24,27,31H,2,5,8,10-17H2,1H3,(H,32,39)(H,33,38)(H,34,36)/b7-3+/t18?,19?,20?,21?,22?,24-,27?/m1/s1. The number of pyridine rings is 1. The summed E-state index contributed by atoms with van der Waals surface area (Å²) in [5, 5.41) is 11.6. The molecule has 228 valence electrons. The molecule has 1 aromatic rings. The highest BCUT2D eigenvalue weighted by molar-refractivity contribution is 5.97. The number of esters is 1. The number of allylic oxidation sites excluding steroid dienone is 1. The molecule has 1 saturated heterocycles. The van der Waals surface area contributed by atoms with Gasteiger partial charge in [0.05, 0.1) is 20.3 Å². The number of carbonyl (C=O) groups excluding carboxylic acids is 4. The minimum atomic E-state index is -0.989. The lowest BCUT2D eigenvalue weighted by Gasteiger charge is -2.54. The van der Waals surface area contributed by atoms with Crippen LogP contribution in [-0.4, -0.2) is 73.3 Å². The minimum Gasteiger partial charge on any atom is -0.466 e. The third kappa shape index (κ3) is 7.27. The molecule has 12 heteroatoms. The largest absolute Gasteiger partial charge is 0.466 e. The Bertz CT molecular complexity index is 1230. The van der Waals surface area contributed by atoms with E-state index in [1.807, 2.05) is 0 Å². The van der Waals surface area contributed by atoms with E-state index in [9.17, 15) is 24.0 Å². The second-order valence-corrected chi connectivity index (χ2v) is 12.0. The van der Waals surface area contributed by atoms with Gasteiger partial charge in [-0.3, -0.25) is 19.2 Å². The van der Waals surface area contributed by atoms with Crippen molar-refractivity contribution in [2.24, 2.45) is 23.7 Å². The summed E-state index contributed by atoms with van der Waals surface area (Å²) in [6, 6.07) is 1.64. The monoisotopic (exact) mass is 583 g/mol. The minimum absolute atomic E-state index is 0.00778. The molecule has 42 heavy (non-hydrogen) atoms. The molecule has 12 nitrogen and oxygen atoms in total. The number of carbonyl (C=O) groups is 4. The maximum Gasteiger partial charge on any atom is 0.330 e. The first-order chi connectivity index (χ1) is 20.3. The molecule has 4 aliphatic carbocycles. The van der Waals surface area contributed by atoms with Gasteiger partial charge in [-0.1, -0.05) is 6.08 Å². The number of rotatable bonds is 11. The third-order valence-electron chi connectivity index (χ3n) is 9.09. The molecule has 2 atom stereocenters. The maximum atomic E-state index is 13.3. The number of ether oxygens (including phenoxy) is 2. The van der Waals surface area contributed by atoms with E-state index in [0.29, 0.717) is 31.4 Å². The lowest BCUT2D eigenvalue weighted by molar-refractivity contribution is -0.135. The second kappa shape index (κ2) is 13.6. The Morgan fingerprint density at radius 1 is 1.14 bits per heavy atom. The highest BCUT2D eigenvalue weighted by atomic mass is 16.5. The van der Waals surface area contributed by atoms with Gasteiger partial charge in [0.2, 0.25) is 17.7 Å². The number of hydrogen-bond acceptors (Lipinski definition) is 8. The lowest BCUT2D eigenvalue weighted by Crippen LogP contribution is -2.56. The van der Waals surface area contributed by atoms with Crippen LogP contribution >= 0.6 is 0 Å². The summed E-state index contributed by atoms with van der Waals surface area (Å²) in [7, 11) is 1.27. The van der Waals surface area contributed by atoms with E-state index in [-0.39, 0.29) is 37.2 Å². The third-order valence-corrected chi connectivity index (χ3v) is 9.09. The van der Waals surface area contributed by atoms with E-state index >= 15 is 0 Å². The van der Waals surface area contributed by atoms with Crippen LogP contribution in [0.4, 0.5) is 5.69 Å². The van der Waals surface area contributed by atoms with Crippen LogP contribution < -0.4 is 26.8 Å². The van der Waals surface area contributed by atoms with Crippen molar-refractivity contribution < 1.29 is 28.7 Å². The van der Waals surface area contributed by atoms with Crippen LogP contribution in [0.5, 0.6) is 0 Å². The van der Waals surface area contributed by atoms with Crippen molar-refractivity contribution in [2.45, 2.75) is 69.6 Å². The summed E-state index contributed by atoms with van der Waals surface area (Å²) in [4.78, 5) is 63.7. The fourth-order valence-electron chi connectivity index (χ4n) is 7.31. The predicted octanol–water partition coefficient (Wildman–Crippen LogP) is 0.710. The van der Waals surface area contributed by atoms with Crippen LogP contribution in [0.15, 0.2) is 35.3 Å². The molecular weight excluding hydrogens is 542 g/mol. The van der Waals surface area contributed by atoms with Crippen molar-refractivity contribution in [3.63, 3.8) is 0 Å². The smallest absolute Gasteiger partial charge is 0.330 e. The Morgan fingerprint density at radius 2 is 1.88 bits per heavy atom. The van der Waals surface area contributed by atoms with E-state index in [4.69, 9.17) is 4.74 Å². The molecule has 1 unspecified atom stereocenters. The molecule has 3 amide bonds. The van der Waals surface area contributed by atoms with Crippen molar-refractivity contribution in [3.8, 4) is 0 Å². The maximum absolute atomic E-state index is 13.3. The van der Waals surface area contributed by atoms with E-state index < -0.39 is 35.4 Å². The van der Waals surface area contributed by atoms with Crippen molar-refractivity contribution >= 4 is 29.4 Å². The first-order valence-electron chi connectivity index (χ1n) is 15.0. The number of methoxy groups -OCH3 is 1. The topological polar surface area (TPSA) is 157 Å². The van der Waals surface area contributed by atoms with Gasteiger partial charge < -0.3 is 35.3 Å². The van der Waals surface area contributed by atoms with Gasteiger partial charge in [-0.15, -0.1) is 0 Å². The van der Waals surface area contributed by atoms with Crippen LogP contribution in [0, 0.1) is 23.7 Å². The molecule has 1 aromatic heterocycles. The van der Waals surface area contributed by atoms with E-state index in [1.54, 1.807) is 12.1 Å². The highest BCUT2D eigenvalue weighted by Crippen LogP contribution is 2.53. The zero-order chi connectivity index (χ0) is 29.6. The second-order valence-electron chi connectivity index (χ2n) is 12.0. The average Bonchev–Trinajstić information content (AvgIpc) is 2.98. The first kappa shape index (κ1) is 30.0. The van der Waals surface area contributed by atoms with Crippen LogP contribution in [0.2, 0.25) is 0 Å². The summed E-state index contributed by atoms with van der Waals surface area (Å²) in [5.74, 6) is 0.929. The number of morpholine rings is 1. The Kier molecular flexibility index (Phi) is 9.73. The molecule has 6 rings (SSSR count). The van der Waals surface area contributed by atoms with Crippen molar-refractivity contribution in [1.82, 2.24) is 20.5 Å². The Labute approximate surface area is 245 Å². The van der Waals surface area contributed by atoms with E-state index in [2.05, 4.69) is 26.0 Å². The zero-order valence-electron chi connectivity index (χ0n) is 24.0. The summed E-state index contributed by atoms with van der Waals surface area (Å²) in [6.07, 6.45) is 10.9. The van der Waals surface area contributed by atoms with Gasteiger partial charge in [0.1, 0.15) is 24.3 Å². The van der Waals surface area contributed by atoms with Crippen molar-refractivity contribution in [1.29, 1.82) is 0 Å². The van der Waals surface area contributed by atoms with Crippen LogP contribution in [0.3, 0.4) is 0 Å². The van der Waals surface area contributed by atoms with Gasteiger partial charge in [0, 0.05) is 24.9 Å². The number of amides is 3. The van der Waals surface area contributed by atoms with Gasteiger partial charge in [-0.25, -0.2) is 4.79 Å². The normalized spacial score (nSPS) is 28.7. The number of nitrogens with zero attached hydrogens (tertiary/aromatic N) is 1. The molecule has 4 saturated carbocycles. The molecule has 2 heterocycles. The molecule has 0 spiro atoms. The fourth-order valence-corrected chi connectivity index (χ4v) is 7.31. The lowest BCUT2D eigenvalue weighted by atomic mass is 9.54. The summed E-state index contributed by atoms with van der Waals surface area (Å²) in [6.45, 7) is 1.04. The summed E-state index contributed by atoms with van der Waals surface area (Å²) in [5.41, 5.74) is -0.502. The Morgan fingerprint density at radius 3 is 2.55 bits per heavy atom. The van der Waals surface area contributed by atoms with Gasteiger partial charge in [-0.05, 0) is 80.8 Å².